The highest BCUT2D eigenvalue weighted by Gasteiger charge is 2.21. The zero-order valence-corrected chi connectivity index (χ0v) is 19.4. The third-order valence-electron chi connectivity index (χ3n) is 5.68. The quantitative estimate of drug-likeness (QED) is 0.372. The summed E-state index contributed by atoms with van der Waals surface area (Å²) in [5.74, 6) is 6.64. The fourth-order valence-electron chi connectivity index (χ4n) is 3.65. The van der Waals surface area contributed by atoms with Crippen molar-refractivity contribution in [3.63, 3.8) is 0 Å². The summed E-state index contributed by atoms with van der Waals surface area (Å²) in [7, 11) is 0. The minimum absolute atomic E-state index is 0.00818. The summed E-state index contributed by atoms with van der Waals surface area (Å²) in [5, 5.41) is 0. The van der Waals surface area contributed by atoms with Crippen molar-refractivity contribution >= 4 is 23.2 Å². The van der Waals surface area contributed by atoms with Crippen molar-refractivity contribution in [3.8, 4) is 11.8 Å². The number of carbonyl (C=O) groups excluding carboxylic acids is 3. The molecule has 1 heterocycles. The molecule has 0 aliphatic carbocycles. The summed E-state index contributed by atoms with van der Waals surface area (Å²) in [6.07, 6.45) is 1.81. The number of ketones is 2. The molecule has 2 aromatic carbocycles. The molecule has 0 unspecified atom stereocenters. The number of nitrogens with zero attached hydrogens (tertiary/aromatic N) is 1. The van der Waals surface area contributed by atoms with Gasteiger partial charge in [0.1, 0.15) is 11.6 Å². The summed E-state index contributed by atoms with van der Waals surface area (Å²) in [6.45, 7) is 4.85. The van der Waals surface area contributed by atoms with Gasteiger partial charge in [-0.1, -0.05) is 56.0 Å². The number of anilines is 1. The van der Waals surface area contributed by atoms with E-state index in [1.807, 2.05) is 62.4 Å². The molecule has 0 fully saturated rings. The molecule has 5 nitrogen and oxygen atoms in total. The van der Waals surface area contributed by atoms with E-state index < -0.39 is 0 Å². The Morgan fingerprint density at radius 3 is 2.33 bits per heavy atom. The van der Waals surface area contributed by atoms with Crippen LogP contribution in [0.5, 0.6) is 0 Å². The average Bonchev–Trinajstić information content (AvgIpc) is 2.80. The summed E-state index contributed by atoms with van der Waals surface area (Å²) in [6, 6.07) is 15.5. The predicted molar refractivity (Wildman–Crippen MR) is 129 cm³/mol. The number of Topliss-reactive ketones (excluding diaryl/α,β-unsaturated/α-hetero) is 2. The van der Waals surface area contributed by atoms with Gasteiger partial charge in [0.15, 0.2) is 0 Å². The highest BCUT2D eigenvalue weighted by atomic mass is 16.5. The van der Waals surface area contributed by atoms with Crippen LogP contribution in [0, 0.1) is 17.8 Å². The van der Waals surface area contributed by atoms with Crippen molar-refractivity contribution in [3.05, 3.63) is 65.2 Å². The molecule has 0 saturated carbocycles. The van der Waals surface area contributed by atoms with E-state index in [1.54, 1.807) is 4.90 Å². The van der Waals surface area contributed by atoms with E-state index in [-0.39, 0.29) is 23.4 Å². The van der Waals surface area contributed by atoms with Crippen molar-refractivity contribution in [2.75, 3.05) is 18.1 Å². The lowest BCUT2D eigenvalue weighted by atomic mass is 10.0. The molecule has 0 saturated heterocycles. The fourth-order valence-corrected chi connectivity index (χ4v) is 3.65. The van der Waals surface area contributed by atoms with Crippen LogP contribution in [0.3, 0.4) is 0 Å². The van der Waals surface area contributed by atoms with E-state index >= 15 is 0 Å². The molecule has 0 atom stereocenters. The van der Waals surface area contributed by atoms with Gasteiger partial charge in [-0.25, -0.2) is 0 Å². The monoisotopic (exact) mass is 445 g/mol. The van der Waals surface area contributed by atoms with Crippen LogP contribution >= 0.6 is 0 Å². The summed E-state index contributed by atoms with van der Waals surface area (Å²) >= 11 is 0. The number of para-hydroxylation sites is 1. The first-order valence-corrected chi connectivity index (χ1v) is 11.6. The maximum absolute atomic E-state index is 13.1. The van der Waals surface area contributed by atoms with Crippen LogP contribution in [-0.2, 0) is 25.7 Å². The van der Waals surface area contributed by atoms with Crippen LogP contribution in [0.4, 0.5) is 5.69 Å². The molecule has 0 radical (unpaired) electrons. The van der Waals surface area contributed by atoms with Gasteiger partial charge >= 0.3 is 0 Å². The van der Waals surface area contributed by atoms with Gasteiger partial charge < -0.3 is 9.64 Å². The maximum Gasteiger partial charge on any atom is 0.227 e. The molecule has 0 N–H and O–H groups in total. The topological polar surface area (TPSA) is 63.7 Å². The van der Waals surface area contributed by atoms with Gasteiger partial charge in [-0.05, 0) is 30.2 Å². The zero-order chi connectivity index (χ0) is 23.6. The normalized spacial score (nSPS) is 12.2. The summed E-state index contributed by atoms with van der Waals surface area (Å²) in [4.78, 5) is 38.7. The van der Waals surface area contributed by atoms with Crippen molar-refractivity contribution in [1.82, 2.24) is 0 Å². The van der Waals surface area contributed by atoms with Gasteiger partial charge in [0.25, 0.3) is 0 Å². The van der Waals surface area contributed by atoms with Crippen LogP contribution < -0.4 is 4.90 Å². The van der Waals surface area contributed by atoms with E-state index in [4.69, 9.17) is 4.74 Å². The third-order valence-corrected chi connectivity index (χ3v) is 5.68. The van der Waals surface area contributed by atoms with Crippen LogP contribution in [-0.4, -0.2) is 30.7 Å². The van der Waals surface area contributed by atoms with Crippen LogP contribution in [0.1, 0.15) is 62.6 Å². The van der Waals surface area contributed by atoms with Gasteiger partial charge in [-0.2, -0.15) is 0 Å². The lowest BCUT2D eigenvalue weighted by Crippen LogP contribution is -2.31. The SMILES string of the molecule is CC(C)C(=O)CCOCCC(=O)CCCC(=O)N1Cc2ccccc2C#Cc2ccccc21. The van der Waals surface area contributed by atoms with E-state index in [9.17, 15) is 14.4 Å². The Kier molecular flexibility index (Phi) is 8.97. The maximum atomic E-state index is 13.1. The highest BCUT2D eigenvalue weighted by Crippen LogP contribution is 2.26. The van der Waals surface area contributed by atoms with Crippen molar-refractivity contribution in [2.45, 2.75) is 52.5 Å². The first kappa shape index (κ1) is 24.4. The molecule has 1 amide bonds. The highest BCUT2D eigenvalue weighted by molar-refractivity contribution is 5.95. The molecule has 0 spiro atoms. The van der Waals surface area contributed by atoms with Crippen molar-refractivity contribution in [2.24, 2.45) is 5.92 Å². The molecular formula is C28H31NO4. The minimum Gasteiger partial charge on any atom is -0.381 e. The average molecular weight is 446 g/mol. The molecule has 3 rings (SSSR count). The molecule has 2 aromatic rings. The Bertz CT molecular complexity index is 1060. The number of hydrogen-bond donors (Lipinski definition) is 0. The number of hydrogen-bond acceptors (Lipinski definition) is 4. The lowest BCUT2D eigenvalue weighted by Gasteiger charge is -2.26. The number of fused-ring (bicyclic) bond motifs is 2. The minimum atomic E-state index is -0.0165. The van der Waals surface area contributed by atoms with Crippen molar-refractivity contribution in [1.29, 1.82) is 0 Å². The van der Waals surface area contributed by atoms with Gasteiger partial charge in [0.05, 0.1) is 25.4 Å². The van der Waals surface area contributed by atoms with Crippen LogP contribution in [0.25, 0.3) is 0 Å². The second-order valence-electron chi connectivity index (χ2n) is 8.53. The molecule has 0 aromatic heterocycles. The van der Waals surface area contributed by atoms with E-state index in [0.29, 0.717) is 51.9 Å². The Balaban J connectivity index is 1.51. The fraction of sp³-hybridized carbons (Fsp3) is 0.393. The molecule has 5 heteroatoms. The molecular weight excluding hydrogens is 414 g/mol. The summed E-state index contributed by atoms with van der Waals surface area (Å²) in [5.41, 5.74) is 3.57. The van der Waals surface area contributed by atoms with Crippen molar-refractivity contribution < 1.29 is 19.1 Å². The number of benzene rings is 2. The first-order valence-electron chi connectivity index (χ1n) is 11.6. The predicted octanol–water partition coefficient (Wildman–Crippen LogP) is 4.69. The first-order chi connectivity index (χ1) is 16.0. The van der Waals surface area contributed by atoms with E-state index in [1.165, 1.54) is 0 Å². The number of ether oxygens (including phenoxy) is 1. The second-order valence-corrected chi connectivity index (χ2v) is 8.53. The Hall–Kier alpha value is -3.23. The number of carbonyl (C=O) groups is 3. The Morgan fingerprint density at radius 1 is 0.879 bits per heavy atom. The molecule has 0 bridgehead atoms. The van der Waals surface area contributed by atoms with Gasteiger partial charge in [-0.15, -0.1) is 0 Å². The van der Waals surface area contributed by atoms with Gasteiger partial charge in [0.2, 0.25) is 5.91 Å². The Morgan fingerprint density at radius 2 is 1.55 bits per heavy atom. The Labute approximate surface area is 196 Å². The summed E-state index contributed by atoms with van der Waals surface area (Å²) < 4.78 is 5.42. The zero-order valence-electron chi connectivity index (χ0n) is 19.4. The lowest BCUT2D eigenvalue weighted by molar-refractivity contribution is -0.123. The standard InChI is InChI=1S/C28H31NO4/c1-21(2)27(31)17-19-33-18-16-25(30)11-7-13-28(32)29-20-24-10-4-3-8-22(24)14-15-23-9-5-6-12-26(23)29/h3-6,8-10,12,21H,7,11,13,16-20H2,1-2H3. The van der Waals surface area contributed by atoms with Crippen LogP contribution in [0.15, 0.2) is 48.5 Å². The second kappa shape index (κ2) is 12.1. The number of amides is 1. The number of rotatable bonds is 11. The molecule has 172 valence electrons. The molecule has 1 aliphatic heterocycles. The third kappa shape index (κ3) is 7.13. The largest absolute Gasteiger partial charge is 0.381 e. The van der Waals surface area contributed by atoms with Gasteiger partial charge in [0, 0.05) is 42.7 Å². The van der Waals surface area contributed by atoms with E-state index in [0.717, 1.165) is 22.4 Å². The smallest absolute Gasteiger partial charge is 0.227 e. The van der Waals surface area contributed by atoms with E-state index in [2.05, 4.69) is 11.8 Å². The van der Waals surface area contributed by atoms with Crippen LogP contribution in [0.2, 0.25) is 0 Å². The van der Waals surface area contributed by atoms with Gasteiger partial charge in [-0.3, -0.25) is 14.4 Å². The molecule has 1 aliphatic rings. The molecule has 33 heavy (non-hydrogen) atoms.